The normalized spacial score (nSPS) is 10.4. The van der Waals surface area contributed by atoms with Crippen LogP contribution in [0.15, 0.2) is 30.3 Å². The SMILES string of the molecule is COc1c(C)cc(C(=O)c2ccc(Cl)c(N)c2)cc1C. The van der Waals surface area contributed by atoms with E-state index in [-0.39, 0.29) is 5.78 Å². The summed E-state index contributed by atoms with van der Waals surface area (Å²) < 4.78 is 5.30. The first-order valence-electron chi connectivity index (χ1n) is 6.19. The molecule has 0 aliphatic rings. The molecule has 4 heteroatoms. The Kier molecular flexibility index (Phi) is 4.00. The minimum atomic E-state index is -0.0813. The Bertz CT molecular complexity index is 657. The van der Waals surface area contributed by atoms with Crippen molar-refractivity contribution in [3.8, 4) is 5.75 Å². The Morgan fingerprint density at radius 2 is 1.70 bits per heavy atom. The molecule has 2 N–H and O–H groups in total. The van der Waals surface area contributed by atoms with E-state index in [2.05, 4.69) is 0 Å². The monoisotopic (exact) mass is 289 g/mol. The van der Waals surface area contributed by atoms with E-state index in [1.807, 2.05) is 26.0 Å². The van der Waals surface area contributed by atoms with Crippen molar-refractivity contribution in [1.82, 2.24) is 0 Å². The quantitative estimate of drug-likeness (QED) is 0.691. The highest BCUT2D eigenvalue weighted by atomic mass is 35.5. The van der Waals surface area contributed by atoms with Crippen LogP contribution >= 0.6 is 11.6 Å². The van der Waals surface area contributed by atoms with E-state index in [0.717, 1.165) is 16.9 Å². The Balaban J connectivity index is 2.45. The van der Waals surface area contributed by atoms with Gasteiger partial charge in [0.15, 0.2) is 5.78 Å². The zero-order valence-corrected chi connectivity index (χ0v) is 12.4. The van der Waals surface area contributed by atoms with Gasteiger partial charge in [0.1, 0.15) is 5.75 Å². The van der Waals surface area contributed by atoms with Crippen LogP contribution < -0.4 is 10.5 Å². The number of hydrogen-bond acceptors (Lipinski definition) is 3. The maximum absolute atomic E-state index is 12.5. The van der Waals surface area contributed by atoms with Crippen molar-refractivity contribution in [2.24, 2.45) is 0 Å². The van der Waals surface area contributed by atoms with E-state index in [1.54, 1.807) is 25.3 Å². The van der Waals surface area contributed by atoms with Crippen molar-refractivity contribution >= 4 is 23.1 Å². The number of nitrogen functional groups attached to an aromatic ring is 1. The molecule has 0 heterocycles. The number of anilines is 1. The van der Waals surface area contributed by atoms with Gasteiger partial charge in [0.05, 0.1) is 17.8 Å². The maximum Gasteiger partial charge on any atom is 0.193 e. The van der Waals surface area contributed by atoms with E-state index in [0.29, 0.717) is 21.8 Å². The zero-order chi connectivity index (χ0) is 14.9. The fourth-order valence-electron chi connectivity index (χ4n) is 2.25. The van der Waals surface area contributed by atoms with Gasteiger partial charge in [0.25, 0.3) is 0 Å². The molecule has 20 heavy (non-hydrogen) atoms. The summed E-state index contributed by atoms with van der Waals surface area (Å²) in [5, 5.41) is 0.448. The van der Waals surface area contributed by atoms with Crippen molar-refractivity contribution in [3.05, 3.63) is 57.6 Å². The molecule has 0 radical (unpaired) electrons. The third-order valence-corrected chi connectivity index (χ3v) is 3.53. The molecule has 2 aromatic carbocycles. The van der Waals surface area contributed by atoms with Crippen LogP contribution in [-0.4, -0.2) is 12.9 Å². The van der Waals surface area contributed by atoms with Gasteiger partial charge < -0.3 is 10.5 Å². The number of benzene rings is 2. The second-order valence-electron chi connectivity index (χ2n) is 4.71. The first-order chi connectivity index (χ1) is 9.43. The number of hydrogen-bond donors (Lipinski definition) is 1. The minimum absolute atomic E-state index is 0.0813. The van der Waals surface area contributed by atoms with Crippen LogP contribution in [0.4, 0.5) is 5.69 Å². The molecule has 0 fully saturated rings. The van der Waals surface area contributed by atoms with Gasteiger partial charge in [0, 0.05) is 11.1 Å². The molecule has 2 aromatic rings. The predicted octanol–water partition coefficient (Wildman–Crippen LogP) is 3.78. The lowest BCUT2D eigenvalue weighted by Gasteiger charge is -2.11. The minimum Gasteiger partial charge on any atom is -0.496 e. The summed E-state index contributed by atoms with van der Waals surface area (Å²) >= 11 is 5.87. The molecule has 0 aliphatic heterocycles. The second kappa shape index (κ2) is 5.55. The van der Waals surface area contributed by atoms with Crippen LogP contribution in [0.5, 0.6) is 5.75 Å². The zero-order valence-electron chi connectivity index (χ0n) is 11.7. The highest BCUT2D eigenvalue weighted by molar-refractivity contribution is 6.33. The lowest BCUT2D eigenvalue weighted by atomic mass is 9.98. The van der Waals surface area contributed by atoms with E-state index in [1.165, 1.54) is 0 Å². The number of nitrogens with two attached hydrogens (primary N) is 1. The van der Waals surface area contributed by atoms with Gasteiger partial charge in [-0.15, -0.1) is 0 Å². The van der Waals surface area contributed by atoms with Crippen molar-refractivity contribution in [1.29, 1.82) is 0 Å². The predicted molar refractivity (Wildman–Crippen MR) is 81.8 cm³/mol. The summed E-state index contributed by atoms with van der Waals surface area (Å²) in [7, 11) is 1.62. The van der Waals surface area contributed by atoms with Crippen LogP contribution in [0.3, 0.4) is 0 Å². The van der Waals surface area contributed by atoms with E-state index < -0.39 is 0 Å². The van der Waals surface area contributed by atoms with Gasteiger partial charge in [-0.25, -0.2) is 0 Å². The number of ether oxygens (including phenoxy) is 1. The highest BCUT2D eigenvalue weighted by Crippen LogP contribution is 2.27. The molecule has 0 saturated heterocycles. The van der Waals surface area contributed by atoms with Crippen molar-refractivity contribution in [3.63, 3.8) is 0 Å². The van der Waals surface area contributed by atoms with Gasteiger partial charge in [-0.3, -0.25) is 4.79 Å². The molecule has 104 valence electrons. The number of rotatable bonds is 3. The van der Waals surface area contributed by atoms with Crippen LogP contribution in [-0.2, 0) is 0 Å². The van der Waals surface area contributed by atoms with Crippen LogP contribution in [0.25, 0.3) is 0 Å². The Morgan fingerprint density at radius 3 is 2.20 bits per heavy atom. The summed E-state index contributed by atoms with van der Waals surface area (Å²) in [6.45, 7) is 3.83. The molecule has 0 atom stereocenters. The van der Waals surface area contributed by atoms with Crippen molar-refractivity contribution in [2.75, 3.05) is 12.8 Å². The molecule has 0 unspecified atom stereocenters. The summed E-state index contributed by atoms with van der Waals surface area (Å²) in [5.74, 6) is 0.722. The Labute approximate surface area is 123 Å². The summed E-state index contributed by atoms with van der Waals surface area (Å²) in [4.78, 5) is 12.5. The molecule has 3 nitrogen and oxygen atoms in total. The Hall–Kier alpha value is -2.00. The van der Waals surface area contributed by atoms with E-state index >= 15 is 0 Å². The Morgan fingerprint density at radius 1 is 1.10 bits per heavy atom. The highest BCUT2D eigenvalue weighted by Gasteiger charge is 2.14. The van der Waals surface area contributed by atoms with E-state index in [4.69, 9.17) is 22.1 Å². The molecule has 0 aliphatic carbocycles. The molecule has 0 saturated carbocycles. The van der Waals surface area contributed by atoms with Crippen LogP contribution in [0, 0.1) is 13.8 Å². The lowest BCUT2D eigenvalue weighted by molar-refractivity contribution is 0.103. The first kappa shape index (κ1) is 14.4. The molecule has 0 amide bonds. The number of aryl methyl sites for hydroxylation is 2. The van der Waals surface area contributed by atoms with Gasteiger partial charge >= 0.3 is 0 Å². The molecular formula is C16H16ClNO2. The fraction of sp³-hybridized carbons (Fsp3) is 0.188. The maximum atomic E-state index is 12.5. The topological polar surface area (TPSA) is 52.3 Å². The number of ketones is 1. The molecule has 0 aromatic heterocycles. The fourth-order valence-corrected chi connectivity index (χ4v) is 2.37. The average Bonchev–Trinajstić information content (AvgIpc) is 2.40. The summed E-state index contributed by atoms with van der Waals surface area (Å²) in [5.41, 5.74) is 9.13. The lowest BCUT2D eigenvalue weighted by Crippen LogP contribution is -2.04. The van der Waals surface area contributed by atoms with E-state index in [9.17, 15) is 4.79 Å². The molecular weight excluding hydrogens is 274 g/mol. The number of carbonyl (C=O) groups is 1. The second-order valence-corrected chi connectivity index (χ2v) is 5.12. The van der Waals surface area contributed by atoms with Crippen LogP contribution in [0.2, 0.25) is 5.02 Å². The van der Waals surface area contributed by atoms with Gasteiger partial charge in [-0.1, -0.05) is 11.6 Å². The molecule has 0 spiro atoms. The van der Waals surface area contributed by atoms with Crippen molar-refractivity contribution < 1.29 is 9.53 Å². The first-order valence-corrected chi connectivity index (χ1v) is 6.56. The third-order valence-electron chi connectivity index (χ3n) is 3.18. The third kappa shape index (κ3) is 2.63. The number of carbonyl (C=O) groups excluding carboxylic acids is 1. The van der Waals surface area contributed by atoms with Crippen molar-refractivity contribution in [2.45, 2.75) is 13.8 Å². The summed E-state index contributed by atoms with van der Waals surface area (Å²) in [6, 6.07) is 8.54. The average molecular weight is 290 g/mol. The largest absolute Gasteiger partial charge is 0.496 e. The van der Waals surface area contributed by atoms with Gasteiger partial charge in [-0.2, -0.15) is 0 Å². The number of halogens is 1. The molecule has 2 rings (SSSR count). The molecule has 0 bridgehead atoms. The number of methoxy groups -OCH3 is 1. The van der Waals surface area contributed by atoms with Gasteiger partial charge in [-0.05, 0) is 55.3 Å². The van der Waals surface area contributed by atoms with Crippen LogP contribution in [0.1, 0.15) is 27.0 Å². The summed E-state index contributed by atoms with van der Waals surface area (Å²) in [6.07, 6.45) is 0. The smallest absolute Gasteiger partial charge is 0.193 e. The van der Waals surface area contributed by atoms with Gasteiger partial charge in [0.2, 0.25) is 0 Å². The standard InChI is InChI=1S/C16H16ClNO2/c1-9-6-12(7-10(2)16(9)20-3)15(19)11-4-5-13(17)14(18)8-11/h4-8H,18H2,1-3H3.